The van der Waals surface area contributed by atoms with Crippen molar-refractivity contribution in [2.45, 2.75) is 117 Å². The highest BCUT2D eigenvalue weighted by atomic mass is 16.5. The molecule has 0 aromatic heterocycles. The summed E-state index contributed by atoms with van der Waals surface area (Å²) >= 11 is 0. The molecule has 4 fully saturated rings. The highest BCUT2D eigenvalue weighted by Gasteiger charge is 2.69. The summed E-state index contributed by atoms with van der Waals surface area (Å²) in [6.07, 6.45) is 7.55. The minimum absolute atomic E-state index is 0.0601. The van der Waals surface area contributed by atoms with Crippen molar-refractivity contribution in [2.24, 2.45) is 40.4 Å². The van der Waals surface area contributed by atoms with Gasteiger partial charge in [0, 0.05) is 26.2 Å². The van der Waals surface area contributed by atoms with E-state index in [1.54, 1.807) is 0 Å². The van der Waals surface area contributed by atoms with Crippen molar-refractivity contribution >= 4 is 17.9 Å². The average Bonchev–Trinajstić information content (AvgIpc) is 3.09. The van der Waals surface area contributed by atoms with Crippen LogP contribution in [-0.4, -0.2) is 47.9 Å². The zero-order valence-electron chi connectivity index (χ0n) is 23.0. The molecule has 4 aliphatic carbocycles. The van der Waals surface area contributed by atoms with Crippen LogP contribution in [0.3, 0.4) is 0 Å². The minimum atomic E-state index is -0.820. The van der Waals surface area contributed by atoms with Gasteiger partial charge in [-0.2, -0.15) is 0 Å². The molecule has 0 radical (unpaired) electrons. The van der Waals surface area contributed by atoms with Gasteiger partial charge in [0.25, 0.3) is 0 Å². The molecule has 0 spiro atoms. The SMILES string of the molecule is COC(=O)CC[C@@H](C)[C@H]1CC[C@@]2(O)[C@@H]3C[C@H](OC(C)=O)[C@H]4C[C@H](OC(C)=O)CC[C@]4(C)[C@H]3CC[C@]12C. The van der Waals surface area contributed by atoms with Crippen LogP contribution >= 0.6 is 0 Å². The second kappa shape index (κ2) is 9.92. The molecule has 0 aromatic rings. The smallest absolute Gasteiger partial charge is 0.305 e. The van der Waals surface area contributed by atoms with Crippen molar-refractivity contribution in [1.29, 1.82) is 0 Å². The lowest BCUT2D eigenvalue weighted by molar-refractivity contribution is -0.240. The van der Waals surface area contributed by atoms with E-state index < -0.39 is 5.60 Å². The second-order valence-electron chi connectivity index (χ2n) is 12.8. The van der Waals surface area contributed by atoms with E-state index in [9.17, 15) is 19.5 Å². The van der Waals surface area contributed by atoms with Gasteiger partial charge in [0.2, 0.25) is 0 Å². The van der Waals surface area contributed by atoms with Crippen molar-refractivity contribution in [3.05, 3.63) is 0 Å². The first-order chi connectivity index (χ1) is 16.9. The summed E-state index contributed by atoms with van der Waals surface area (Å²) in [4.78, 5) is 35.6. The predicted octanol–water partition coefficient (Wildman–Crippen LogP) is 4.82. The largest absolute Gasteiger partial charge is 0.469 e. The van der Waals surface area contributed by atoms with E-state index in [0.717, 1.165) is 44.9 Å². The first kappa shape index (κ1) is 27.4. The fourth-order valence-corrected chi connectivity index (χ4v) is 9.47. The molecule has 0 bridgehead atoms. The molecule has 1 N–H and O–H groups in total. The van der Waals surface area contributed by atoms with Gasteiger partial charge >= 0.3 is 17.9 Å². The number of ether oxygens (including phenoxy) is 3. The summed E-state index contributed by atoms with van der Waals surface area (Å²) in [7, 11) is 1.43. The molecule has 7 nitrogen and oxygen atoms in total. The Labute approximate surface area is 216 Å². The van der Waals surface area contributed by atoms with Crippen molar-refractivity contribution in [1.82, 2.24) is 0 Å². The number of carbonyl (C=O) groups excluding carboxylic acids is 3. The van der Waals surface area contributed by atoms with Crippen LogP contribution in [0, 0.1) is 40.4 Å². The Bertz CT molecular complexity index is 872. The number of fused-ring (bicyclic) bond motifs is 5. The fraction of sp³-hybridized carbons (Fsp3) is 0.897. The highest BCUT2D eigenvalue weighted by molar-refractivity contribution is 5.69. The van der Waals surface area contributed by atoms with E-state index in [1.807, 2.05) is 0 Å². The molecule has 0 unspecified atom stereocenters. The first-order valence-electron chi connectivity index (χ1n) is 14.0. The highest BCUT2D eigenvalue weighted by Crippen LogP contribution is 2.70. The summed E-state index contributed by atoms with van der Waals surface area (Å²) in [6.45, 7) is 9.72. The zero-order chi connectivity index (χ0) is 26.5. The summed E-state index contributed by atoms with van der Waals surface area (Å²) in [5.41, 5.74) is -1.13. The van der Waals surface area contributed by atoms with E-state index in [2.05, 4.69) is 20.8 Å². The molecule has 0 saturated heterocycles. The van der Waals surface area contributed by atoms with Crippen LogP contribution < -0.4 is 0 Å². The Morgan fingerprint density at radius 2 is 1.61 bits per heavy atom. The van der Waals surface area contributed by atoms with Crippen molar-refractivity contribution in [3.8, 4) is 0 Å². The summed E-state index contributed by atoms with van der Waals surface area (Å²) < 4.78 is 16.4. The van der Waals surface area contributed by atoms with Gasteiger partial charge in [0.15, 0.2) is 0 Å². The number of hydrogen-bond acceptors (Lipinski definition) is 7. The maximum Gasteiger partial charge on any atom is 0.305 e. The zero-order valence-corrected chi connectivity index (χ0v) is 23.0. The summed E-state index contributed by atoms with van der Waals surface area (Å²) in [5.74, 6) is 0.443. The molecule has 0 heterocycles. The molecule has 4 saturated carbocycles. The molecule has 10 atom stereocenters. The van der Waals surface area contributed by atoms with Crippen LogP contribution in [0.4, 0.5) is 0 Å². The van der Waals surface area contributed by atoms with E-state index in [4.69, 9.17) is 14.2 Å². The van der Waals surface area contributed by atoms with Crippen LogP contribution in [0.2, 0.25) is 0 Å². The number of carbonyl (C=O) groups is 3. The number of methoxy groups -OCH3 is 1. The lowest BCUT2D eigenvalue weighted by atomic mass is 9.42. The molecular formula is C29H46O7. The Kier molecular flexibility index (Phi) is 7.55. The van der Waals surface area contributed by atoms with Crippen LogP contribution in [0.15, 0.2) is 0 Å². The molecule has 204 valence electrons. The molecule has 0 aromatic carbocycles. The van der Waals surface area contributed by atoms with E-state index >= 15 is 0 Å². The van der Waals surface area contributed by atoms with Gasteiger partial charge < -0.3 is 19.3 Å². The van der Waals surface area contributed by atoms with Crippen molar-refractivity contribution in [2.75, 3.05) is 7.11 Å². The predicted molar refractivity (Wildman–Crippen MR) is 134 cm³/mol. The first-order valence-corrected chi connectivity index (χ1v) is 14.0. The molecule has 4 rings (SSSR count). The van der Waals surface area contributed by atoms with Crippen LogP contribution in [0.5, 0.6) is 0 Å². The molecule has 7 heteroatoms. The topological polar surface area (TPSA) is 99.1 Å². The van der Waals surface area contributed by atoms with E-state index in [-0.39, 0.29) is 52.8 Å². The summed E-state index contributed by atoms with van der Waals surface area (Å²) in [6, 6.07) is 0. The molecule has 0 aliphatic heterocycles. The third kappa shape index (κ3) is 4.48. The van der Waals surface area contributed by atoms with E-state index in [1.165, 1.54) is 21.0 Å². The van der Waals surface area contributed by atoms with Gasteiger partial charge in [-0.25, -0.2) is 0 Å². The van der Waals surface area contributed by atoms with Gasteiger partial charge in [0.1, 0.15) is 12.2 Å². The summed E-state index contributed by atoms with van der Waals surface area (Å²) in [5, 5.41) is 12.5. The lowest BCUT2D eigenvalue weighted by Gasteiger charge is -2.65. The lowest BCUT2D eigenvalue weighted by Crippen LogP contribution is -2.65. The van der Waals surface area contributed by atoms with Crippen LogP contribution in [0.1, 0.15) is 98.8 Å². The maximum atomic E-state index is 12.5. The number of rotatable bonds is 6. The maximum absolute atomic E-state index is 12.5. The van der Waals surface area contributed by atoms with E-state index in [0.29, 0.717) is 37.0 Å². The number of hydrogen-bond donors (Lipinski definition) is 1. The normalized spacial score (nSPS) is 44.4. The Balaban J connectivity index is 1.61. The van der Waals surface area contributed by atoms with Crippen LogP contribution in [-0.2, 0) is 28.6 Å². The minimum Gasteiger partial charge on any atom is -0.469 e. The van der Waals surface area contributed by atoms with Gasteiger partial charge in [-0.1, -0.05) is 20.8 Å². The average molecular weight is 507 g/mol. The standard InChI is InChI=1S/C29H46O7/c1-17(7-8-26(32)34-6)21-11-14-29(33)23-16-25(36-19(3)31)24-15-20(35-18(2)30)9-12-27(24,4)22(23)10-13-28(21,29)5/h17,20-25,33H,7-16H2,1-6H3/t17-,20-,21-,22+,23-,24-,25+,27-,28-,29-/m1/s1. The fourth-order valence-electron chi connectivity index (χ4n) is 9.47. The van der Waals surface area contributed by atoms with Crippen LogP contribution in [0.25, 0.3) is 0 Å². The molecule has 0 amide bonds. The number of aliphatic hydroxyl groups is 1. The van der Waals surface area contributed by atoms with Gasteiger partial charge in [0.05, 0.1) is 12.7 Å². The van der Waals surface area contributed by atoms with Gasteiger partial charge in [-0.05, 0) is 92.3 Å². The molecule has 36 heavy (non-hydrogen) atoms. The number of esters is 3. The third-order valence-electron chi connectivity index (χ3n) is 11.2. The Morgan fingerprint density at radius 3 is 2.25 bits per heavy atom. The van der Waals surface area contributed by atoms with Gasteiger partial charge in [-0.3, -0.25) is 14.4 Å². The van der Waals surface area contributed by atoms with Gasteiger partial charge in [-0.15, -0.1) is 0 Å². The molecular weight excluding hydrogens is 460 g/mol. The Hall–Kier alpha value is -1.63. The van der Waals surface area contributed by atoms with Crippen molar-refractivity contribution in [3.63, 3.8) is 0 Å². The quantitative estimate of drug-likeness (QED) is 0.407. The third-order valence-corrected chi connectivity index (χ3v) is 11.2. The molecule has 4 aliphatic rings. The Morgan fingerprint density at radius 1 is 0.917 bits per heavy atom. The van der Waals surface area contributed by atoms with Crippen molar-refractivity contribution < 1.29 is 33.7 Å². The monoisotopic (exact) mass is 506 g/mol. The second-order valence-corrected chi connectivity index (χ2v) is 12.8.